The van der Waals surface area contributed by atoms with Crippen molar-refractivity contribution in [1.82, 2.24) is 14.8 Å². The second-order valence-electron chi connectivity index (χ2n) is 6.51. The smallest absolute Gasteiger partial charge is 0.303 e. The first kappa shape index (κ1) is 17.0. The minimum atomic E-state index is -0.775. The Morgan fingerprint density at radius 2 is 1.81 bits per heavy atom. The number of pyridine rings is 1. The molecule has 2 heterocycles. The number of rotatable bonds is 5. The second kappa shape index (κ2) is 7.03. The lowest BCUT2D eigenvalue weighted by Gasteiger charge is -2.06. The van der Waals surface area contributed by atoms with Gasteiger partial charge in [-0.25, -0.2) is 9.67 Å². The molecule has 1 N–H and O–H groups in total. The van der Waals surface area contributed by atoms with Crippen molar-refractivity contribution < 1.29 is 9.90 Å². The Morgan fingerprint density at radius 1 is 1.04 bits per heavy atom. The lowest BCUT2D eigenvalue weighted by atomic mass is 10.0. The Hall–Kier alpha value is -3.47. The maximum absolute atomic E-state index is 10.7. The monoisotopic (exact) mass is 357 g/mol. The molecule has 0 fully saturated rings. The standard InChI is InChI=1S/C22H19N3O2/c1-15-19-11-10-18(17-8-5-16(6-9-17)7-12-22(26)27)14-20(19)25(24-15)21-4-2-3-13-23-21/h2-6,8-11,13-14H,7,12H2,1H3,(H,26,27). The zero-order valence-corrected chi connectivity index (χ0v) is 15.0. The third-order valence-electron chi connectivity index (χ3n) is 4.65. The fraction of sp³-hybridized carbons (Fsp3) is 0.136. The summed E-state index contributed by atoms with van der Waals surface area (Å²) in [7, 11) is 0. The molecule has 27 heavy (non-hydrogen) atoms. The fourth-order valence-corrected chi connectivity index (χ4v) is 3.22. The Morgan fingerprint density at radius 3 is 2.52 bits per heavy atom. The zero-order chi connectivity index (χ0) is 18.8. The first-order chi connectivity index (χ1) is 13.1. The summed E-state index contributed by atoms with van der Waals surface area (Å²) in [5, 5.41) is 14.6. The molecule has 0 bridgehead atoms. The van der Waals surface area contributed by atoms with Crippen LogP contribution in [0.4, 0.5) is 0 Å². The highest BCUT2D eigenvalue weighted by atomic mass is 16.4. The van der Waals surface area contributed by atoms with Crippen LogP contribution in [0, 0.1) is 6.92 Å². The number of hydrogen-bond acceptors (Lipinski definition) is 3. The summed E-state index contributed by atoms with van der Waals surface area (Å²) < 4.78 is 1.87. The number of aryl methyl sites for hydroxylation is 2. The normalized spacial score (nSPS) is 11.0. The Bertz CT molecular complexity index is 1100. The molecule has 0 spiro atoms. The molecule has 4 rings (SSSR count). The highest BCUT2D eigenvalue weighted by Gasteiger charge is 2.11. The number of hydrogen-bond donors (Lipinski definition) is 1. The van der Waals surface area contributed by atoms with Gasteiger partial charge in [0.1, 0.15) is 0 Å². The molecule has 0 saturated heterocycles. The van der Waals surface area contributed by atoms with E-state index in [2.05, 4.69) is 28.3 Å². The van der Waals surface area contributed by atoms with Gasteiger partial charge in [-0.3, -0.25) is 4.79 Å². The molecular weight excluding hydrogens is 338 g/mol. The zero-order valence-electron chi connectivity index (χ0n) is 15.0. The van der Waals surface area contributed by atoms with Gasteiger partial charge in [0.15, 0.2) is 5.82 Å². The van der Waals surface area contributed by atoms with E-state index in [9.17, 15) is 4.79 Å². The molecule has 5 heteroatoms. The first-order valence-electron chi connectivity index (χ1n) is 8.84. The Kier molecular flexibility index (Phi) is 4.42. The molecule has 0 saturated carbocycles. The molecule has 0 aliphatic heterocycles. The molecule has 0 atom stereocenters. The lowest BCUT2D eigenvalue weighted by Crippen LogP contribution is -1.99. The molecule has 4 aromatic rings. The SMILES string of the molecule is Cc1nn(-c2ccccn2)c2cc(-c3ccc(CCC(=O)O)cc3)ccc12. The predicted molar refractivity (Wildman–Crippen MR) is 105 cm³/mol. The topological polar surface area (TPSA) is 68.0 Å². The van der Waals surface area contributed by atoms with Gasteiger partial charge < -0.3 is 5.11 Å². The van der Waals surface area contributed by atoms with Crippen LogP contribution in [0.25, 0.3) is 27.8 Å². The fourth-order valence-electron chi connectivity index (χ4n) is 3.22. The Balaban J connectivity index is 1.72. The summed E-state index contributed by atoms with van der Waals surface area (Å²) in [6, 6.07) is 20.1. The van der Waals surface area contributed by atoms with Gasteiger partial charge in [-0.1, -0.05) is 42.5 Å². The average molecular weight is 357 g/mol. The third-order valence-corrected chi connectivity index (χ3v) is 4.65. The van der Waals surface area contributed by atoms with Crippen LogP contribution >= 0.6 is 0 Å². The summed E-state index contributed by atoms with van der Waals surface area (Å²) in [6.07, 6.45) is 2.45. The maximum Gasteiger partial charge on any atom is 0.303 e. The molecule has 0 aliphatic carbocycles. The van der Waals surface area contributed by atoms with E-state index in [1.165, 1.54) is 0 Å². The van der Waals surface area contributed by atoms with Crippen LogP contribution in [0.15, 0.2) is 66.9 Å². The number of fused-ring (bicyclic) bond motifs is 1. The molecular formula is C22H19N3O2. The van der Waals surface area contributed by atoms with E-state index in [1.54, 1.807) is 6.20 Å². The van der Waals surface area contributed by atoms with Crippen molar-refractivity contribution in [2.24, 2.45) is 0 Å². The van der Waals surface area contributed by atoms with Crippen molar-refractivity contribution in [3.63, 3.8) is 0 Å². The predicted octanol–water partition coefficient (Wildman–Crippen LogP) is 4.41. The number of aliphatic carboxylic acids is 1. The van der Waals surface area contributed by atoms with E-state index in [-0.39, 0.29) is 6.42 Å². The van der Waals surface area contributed by atoms with Crippen LogP contribution in [0.5, 0.6) is 0 Å². The number of carboxylic acid groups (broad SMARTS) is 1. The minimum absolute atomic E-state index is 0.147. The largest absolute Gasteiger partial charge is 0.481 e. The summed E-state index contributed by atoms with van der Waals surface area (Å²) in [4.78, 5) is 15.1. The van der Waals surface area contributed by atoms with E-state index in [4.69, 9.17) is 5.11 Å². The van der Waals surface area contributed by atoms with Gasteiger partial charge in [-0.2, -0.15) is 5.10 Å². The maximum atomic E-state index is 10.7. The minimum Gasteiger partial charge on any atom is -0.481 e. The van der Waals surface area contributed by atoms with Crippen LogP contribution in [0.2, 0.25) is 0 Å². The highest BCUT2D eigenvalue weighted by Crippen LogP contribution is 2.28. The van der Waals surface area contributed by atoms with Crippen molar-refractivity contribution in [3.05, 3.63) is 78.1 Å². The highest BCUT2D eigenvalue weighted by molar-refractivity contribution is 5.87. The van der Waals surface area contributed by atoms with Gasteiger partial charge in [0.05, 0.1) is 11.2 Å². The summed E-state index contributed by atoms with van der Waals surface area (Å²) in [6.45, 7) is 2.00. The van der Waals surface area contributed by atoms with Crippen molar-refractivity contribution in [2.45, 2.75) is 19.8 Å². The first-order valence-corrected chi connectivity index (χ1v) is 8.84. The van der Waals surface area contributed by atoms with Crippen molar-refractivity contribution in [2.75, 3.05) is 0 Å². The van der Waals surface area contributed by atoms with Gasteiger partial charge in [-0.15, -0.1) is 0 Å². The molecule has 2 aromatic heterocycles. The molecule has 134 valence electrons. The molecule has 0 amide bonds. The molecule has 0 radical (unpaired) electrons. The molecule has 2 aromatic carbocycles. The van der Waals surface area contributed by atoms with Gasteiger partial charge in [-0.05, 0) is 48.2 Å². The van der Waals surface area contributed by atoms with E-state index in [0.29, 0.717) is 6.42 Å². The average Bonchev–Trinajstić information content (AvgIpc) is 3.03. The third kappa shape index (κ3) is 3.44. The van der Waals surface area contributed by atoms with E-state index >= 15 is 0 Å². The summed E-state index contributed by atoms with van der Waals surface area (Å²) in [5.74, 6) is 0.0134. The van der Waals surface area contributed by atoms with Gasteiger partial charge in [0.25, 0.3) is 0 Å². The Labute approximate surface area is 156 Å². The number of benzene rings is 2. The van der Waals surface area contributed by atoms with Crippen LogP contribution in [0.1, 0.15) is 17.7 Å². The van der Waals surface area contributed by atoms with Crippen molar-refractivity contribution in [3.8, 4) is 16.9 Å². The van der Waals surface area contributed by atoms with E-state index < -0.39 is 5.97 Å². The molecule has 5 nitrogen and oxygen atoms in total. The van der Waals surface area contributed by atoms with Gasteiger partial charge in [0.2, 0.25) is 0 Å². The lowest BCUT2D eigenvalue weighted by molar-refractivity contribution is -0.136. The number of nitrogens with zero attached hydrogens (tertiary/aromatic N) is 3. The quantitative estimate of drug-likeness (QED) is 0.574. The number of aromatic nitrogens is 3. The van der Waals surface area contributed by atoms with Crippen LogP contribution in [0.3, 0.4) is 0 Å². The van der Waals surface area contributed by atoms with Gasteiger partial charge in [0, 0.05) is 18.0 Å². The summed E-state index contributed by atoms with van der Waals surface area (Å²) >= 11 is 0. The van der Waals surface area contributed by atoms with E-state index in [1.807, 2.05) is 54.1 Å². The number of carbonyl (C=O) groups is 1. The molecule has 0 aliphatic rings. The van der Waals surface area contributed by atoms with Crippen LogP contribution < -0.4 is 0 Å². The van der Waals surface area contributed by atoms with Crippen molar-refractivity contribution >= 4 is 16.9 Å². The second-order valence-corrected chi connectivity index (χ2v) is 6.51. The van der Waals surface area contributed by atoms with Gasteiger partial charge >= 0.3 is 5.97 Å². The summed E-state index contributed by atoms with van der Waals surface area (Å²) in [5.41, 5.74) is 5.17. The molecule has 0 unspecified atom stereocenters. The van der Waals surface area contributed by atoms with Crippen LogP contribution in [-0.2, 0) is 11.2 Å². The van der Waals surface area contributed by atoms with E-state index in [0.717, 1.165) is 39.1 Å². The van der Waals surface area contributed by atoms with Crippen molar-refractivity contribution in [1.29, 1.82) is 0 Å². The van der Waals surface area contributed by atoms with Crippen LogP contribution in [-0.4, -0.2) is 25.8 Å². The number of carboxylic acids is 1.